The number of carbonyl (C=O) groups is 1. The van der Waals surface area contributed by atoms with Gasteiger partial charge in [0.1, 0.15) is 22.2 Å². The van der Waals surface area contributed by atoms with Gasteiger partial charge in [0, 0.05) is 19.0 Å². The van der Waals surface area contributed by atoms with Crippen LogP contribution < -0.4 is 14.8 Å². The van der Waals surface area contributed by atoms with Gasteiger partial charge >= 0.3 is 0 Å². The summed E-state index contributed by atoms with van der Waals surface area (Å²) >= 11 is 0. The number of sulfonamides is 1. The van der Waals surface area contributed by atoms with E-state index in [0.717, 1.165) is 23.4 Å². The highest BCUT2D eigenvalue weighted by molar-refractivity contribution is 7.89. The van der Waals surface area contributed by atoms with Gasteiger partial charge in [-0.1, -0.05) is 12.1 Å². The number of piperidine rings is 1. The van der Waals surface area contributed by atoms with Crippen LogP contribution in [-0.4, -0.2) is 45.9 Å². The van der Waals surface area contributed by atoms with E-state index in [1.165, 1.54) is 17.5 Å². The maximum atomic E-state index is 13.7. The quantitative estimate of drug-likeness (QED) is 0.701. The smallest absolute Gasteiger partial charge is 0.246 e. The molecule has 0 spiro atoms. The van der Waals surface area contributed by atoms with Crippen LogP contribution >= 0.6 is 0 Å². The molecule has 0 radical (unpaired) electrons. The lowest BCUT2D eigenvalue weighted by atomic mass is 9.96. The molecule has 0 bridgehead atoms. The molecule has 168 valence electrons. The zero-order valence-corrected chi connectivity index (χ0v) is 18.6. The zero-order chi connectivity index (χ0) is 22.6. The van der Waals surface area contributed by atoms with Crippen molar-refractivity contribution in [1.29, 1.82) is 0 Å². The van der Waals surface area contributed by atoms with E-state index in [4.69, 9.17) is 9.47 Å². The number of carbonyl (C=O) groups excluding carboxylic acids is 1. The number of hydrogen-bond donors (Lipinski definition) is 1. The van der Waals surface area contributed by atoms with Crippen molar-refractivity contribution < 1.29 is 27.1 Å². The van der Waals surface area contributed by atoms with Gasteiger partial charge in [0.2, 0.25) is 15.9 Å². The molecule has 9 heteroatoms. The van der Waals surface area contributed by atoms with Gasteiger partial charge in [-0.2, -0.15) is 4.31 Å². The van der Waals surface area contributed by atoms with E-state index < -0.39 is 15.8 Å². The molecule has 3 rings (SSSR count). The summed E-state index contributed by atoms with van der Waals surface area (Å²) in [6.45, 7) is 2.25. The average Bonchev–Trinajstić information content (AvgIpc) is 2.79. The Labute approximate surface area is 182 Å². The number of ether oxygens (including phenoxy) is 2. The van der Waals surface area contributed by atoms with Crippen molar-refractivity contribution >= 4 is 15.9 Å². The predicted molar refractivity (Wildman–Crippen MR) is 114 cm³/mol. The zero-order valence-electron chi connectivity index (χ0n) is 17.8. The molecule has 7 nitrogen and oxygen atoms in total. The molecule has 0 aromatic heterocycles. The van der Waals surface area contributed by atoms with Crippen LogP contribution in [0.2, 0.25) is 0 Å². The molecule has 2 aromatic rings. The van der Waals surface area contributed by atoms with Gasteiger partial charge < -0.3 is 14.8 Å². The van der Waals surface area contributed by atoms with Gasteiger partial charge in [-0.05, 0) is 55.7 Å². The molecular formula is C22H27FN2O5S. The molecular weight excluding hydrogens is 423 g/mol. The molecule has 1 heterocycles. The van der Waals surface area contributed by atoms with Gasteiger partial charge in [0.05, 0.1) is 20.3 Å². The Morgan fingerprint density at radius 3 is 2.32 bits per heavy atom. The maximum absolute atomic E-state index is 13.7. The highest BCUT2D eigenvalue weighted by atomic mass is 32.2. The van der Waals surface area contributed by atoms with Crippen molar-refractivity contribution in [1.82, 2.24) is 9.62 Å². The fourth-order valence-corrected chi connectivity index (χ4v) is 5.29. The minimum absolute atomic E-state index is 0.0922. The summed E-state index contributed by atoms with van der Waals surface area (Å²) in [5.41, 5.74) is 0.951. The molecule has 1 N–H and O–H groups in total. The third-order valence-electron chi connectivity index (χ3n) is 5.54. The minimum atomic E-state index is -3.92. The van der Waals surface area contributed by atoms with E-state index >= 15 is 0 Å². The van der Waals surface area contributed by atoms with E-state index in [0.29, 0.717) is 12.8 Å². The van der Waals surface area contributed by atoms with Gasteiger partial charge in [-0.3, -0.25) is 4.79 Å². The Balaban J connectivity index is 1.62. The van der Waals surface area contributed by atoms with Crippen molar-refractivity contribution in [3.8, 4) is 11.5 Å². The molecule has 1 atom stereocenters. The van der Waals surface area contributed by atoms with E-state index in [9.17, 15) is 17.6 Å². The molecule has 2 aromatic carbocycles. The Morgan fingerprint density at radius 1 is 1.10 bits per heavy atom. The van der Waals surface area contributed by atoms with Crippen LogP contribution in [-0.2, 0) is 14.8 Å². The van der Waals surface area contributed by atoms with Crippen molar-refractivity contribution in [2.24, 2.45) is 5.92 Å². The molecule has 31 heavy (non-hydrogen) atoms. The van der Waals surface area contributed by atoms with Crippen LogP contribution in [0.3, 0.4) is 0 Å². The topological polar surface area (TPSA) is 84.9 Å². The largest absolute Gasteiger partial charge is 0.497 e. The summed E-state index contributed by atoms with van der Waals surface area (Å²) in [7, 11) is -0.990. The predicted octanol–water partition coefficient (Wildman–Crippen LogP) is 3.12. The van der Waals surface area contributed by atoms with Crippen molar-refractivity contribution in [3.05, 3.63) is 53.8 Å². The highest BCUT2D eigenvalue weighted by Crippen LogP contribution is 2.30. The maximum Gasteiger partial charge on any atom is 0.246 e. The molecule has 1 unspecified atom stereocenters. The highest BCUT2D eigenvalue weighted by Gasteiger charge is 2.34. The standard InChI is InChI=1S/C22H27FN2O5S/c1-15(16-4-7-19(29-2)8-5-16)24-22(26)17-10-12-25(13-11-17)31(27,28)21-14-18(23)6-9-20(21)30-3/h4-9,14-15,17H,10-13H2,1-3H3,(H,24,26). The molecule has 1 aliphatic rings. The normalized spacial score (nSPS) is 16.5. The van der Waals surface area contributed by atoms with E-state index in [1.54, 1.807) is 7.11 Å². The first-order valence-electron chi connectivity index (χ1n) is 10.0. The summed E-state index contributed by atoms with van der Waals surface area (Å²) in [5, 5.41) is 3.00. The first-order chi connectivity index (χ1) is 14.8. The Hall–Kier alpha value is -2.65. The lowest BCUT2D eigenvalue weighted by Gasteiger charge is -2.31. The lowest BCUT2D eigenvalue weighted by molar-refractivity contribution is -0.126. The summed E-state index contributed by atoms with van der Waals surface area (Å²) < 4.78 is 51.1. The monoisotopic (exact) mass is 450 g/mol. The lowest BCUT2D eigenvalue weighted by Crippen LogP contribution is -2.43. The average molecular weight is 451 g/mol. The summed E-state index contributed by atoms with van der Waals surface area (Å²) in [4.78, 5) is 12.5. The van der Waals surface area contributed by atoms with Crippen LogP contribution in [0.1, 0.15) is 31.4 Å². The number of benzene rings is 2. The number of methoxy groups -OCH3 is 2. The number of hydrogen-bond acceptors (Lipinski definition) is 5. The Morgan fingerprint density at radius 2 is 1.74 bits per heavy atom. The second-order valence-electron chi connectivity index (χ2n) is 7.48. The number of amides is 1. The van der Waals surface area contributed by atoms with E-state index in [2.05, 4.69) is 5.32 Å². The molecule has 0 saturated carbocycles. The van der Waals surface area contributed by atoms with E-state index in [-0.39, 0.29) is 41.6 Å². The molecule has 1 fully saturated rings. The van der Waals surface area contributed by atoms with Gasteiger partial charge in [0.25, 0.3) is 0 Å². The Bertz CT molecular complexity index is 1020. The van der Waals surface area contributed by atoms with Gasteiger partial charge in [0.15, 0.2) is 0 Å². The number of rotatable bonds is 7. The second kappa shape index (κ2) is 9.65. The van der Waals surface area contributed by atoms with Crippen LogP contribution in [0.15, 0.2) is 47.4 Å². The number of halogens is 1. The molecule has 1 aliphatic heterocycles. The Kier molecular flexibility index (Phi) is 7.17. The summed E-state index contributed by atoms with van der Waals surface area (Å²) in [6.07, 6.45) is 0.774. The summed E-state index contributed by atoms with van der Waals surface area (Å²) in [5.74, 6) is -0.216. The minimum Gasteiger partial charge on any atom is -0.497 e. The number of nitrogens with zero attached hydrogens (tertiary/aromatic N) is 1. The fourth-order valence-electron chi connectivity index (χ4n) is 3.66. The van der Waals surface area contributed by atoms with Crippen LogP contribution in [0.4, 0.5) is 4.39 Å². The van der Waals surface area contributed by atoms with Crippen LogP contribution in [0.5, 0.6) is 11.5 Å². The number of nitrogens with one attached hydrogen (secondary N) is 1. The summed E-state index contributed by atoms with van der Waals surface area (Å²) in [6, 6.07) is 10.7. The van der Waals surface area contributed by atoms with E-state index in [1.807, 2.05) is 31.2 Å². The molecule has 1 amide bonds. The third kappa shape index (κ3) is 5.16. The first-order valence-corrected chi connectivity index (χ1v) is 11.5. The van der Waals surface area contributed by atoms with Crippen LogP contribution in [0, 0.1) is 11.7 Å². The van der Waals surface area contributed by atoms with Gasteiger partial charge in [-0.15, -0.1) is 0 Å². The van der Waals surface area contributed by atoms with Crippen molar-refractivity contribution in [2.45, 2.75) is 30.7 Å². The third-order valence-corrected chi connectivity index (χ3v) is 7.46. The van der Waals surface area contributed by atoms with Gasteiger partial charge in [-0.25, -0.2) is 12.8 Å². The van der Waals surface area contributed by atoms with Crippen molar-refractivity contribution in [3.63, 3.8) is 0 Å². The SMILES string of the molecule is COc1ccc(C(C)NC(=O)C2CCN(S(=O)(=O)c3cc(F)ccc3OC)CC2)cc1. The first kappa shape index (κ1) is 23.0. The van der Waals surface area contributed by atoms with Crippen LogP contribution in [0.25, 0.3) is 0 Å². The molecule has 0 aliphatic carbocycles. The van der Waals surface area contributed by atoms with Crippen molar-refractivity contribution in [2.75, 3.05) is 27.3 Å². The fraction of sp³-hybridized carbons (Fsp3) is 0.409. The second-order valence-corrected chi connectivity index (χ2v) is 9.38. The molecule has 1 saturated heterocycles.